The summed E-state index contributed by atoms with van der Waals surface area (Å²) < 4.78 is 10.6. The second-order valence-corrected chi connectivity index (χ2v) is 9.22. The maximum atomic E-state index is 12.9. The average Bonchev–Trinajstić information content (AvgIpc) is 3.08. The van der Waals surface area contributed by atoms with Gasteiger partial charge in [-0.25, -0.2) is 0 Å². The summed E-state index contributed by atoms with van der Waals surface area (Å²) in [6.07, 6.45) is -0.150. The van der Waals surface area contributed by atoms with Gasteiger partial charge in [-0.3, -0.25) is 14.9 Å². The first-order valence-electron chi connectivity index (χ1n) is 11.1. The second kappa shape index (κ2) is 8.83. The Kier molecular flexibility index (Phi) is 6.09. The third kappa shape index (κ3) is 4.29. The standard InChI is InChI=1S/C28H29NO4/c1-27(2,3)33-25(30)18-24(26(31)32-4)29-28(19-12-6-5-7-13-19)22-16-10-8-14-20(22)21-15-9-11-17-23(21)28/h5-17,24,29H,18H2,1-4H3/t24-/m0/s1. The number of carbonyl (C=O) groups excluding carboxylic acids is 2. The van der Waals surface area contributed by atoms with E-state index in [1.807, 2.05) is 54.6 Å². The lowest BCUT2D eigenvalue weighted by molar-refractivity contribution is -0.159. The number of esters is 2. The molecular weight excluding hydrogens is 414 g/mol. The summed E-state index contributed by atoms with van der Waals surface area (Å²) in [5, 5.41) is 3.55. The van der Waals surface area contributed by atoms with Crippen molar-refractivity contribution in [1.29, 1.82) is 0 Å². The summed E-state index contributed by atoms with van der Waals surface area (Å²) in [7, 11) is 1.33. The van der Waals surface area contributed by atoms with Gasteiger partial charge in [0.05, 0.1) is 19.1 Å². The summed E-state index contributed by atoms with van der Waals surface area (Å²) in [6.45, 7) is 5.42. The SMILES string of the molecule is COC(=O)[C@H](CC(=O)OC(C)(C)C)NC1(c2ccccc2)c2ccccc2-c2ccccc21. The lowest BCUT2D eigenvalue weighted by Crippen LogP contribution is -2.53. The number of nitrogens with one attached hydrogen (secondary N) is 1. The van der Waals surface area contributed by atoms with E-state index in [-0.39, 0.29) is 6.42 Å². The second-order valence-electron chi connectivity index (χ2n) is 9.22. The van der Waals surface area contributed by atoms with Crippen LogP contribution in [0.4, 0.5) is 0 Å². The number of fused-ring (bicyclic) bond motifs is 3. The molecule has 0 radical (unpaired) electrons. The summed E-state index contributed by atoms with van der Waals surface area (Å²) in [5.74, 6) is -0.980. The smallest absolute Gasteiger partial charge is 0.323 e. The number of rotatable bonds is 6. The first-order valence-corrected chi connectivity index (χ1v) is 11.1. The monoisotopic (exact) mass is 443 g/mol. The number of hydrogen-bond donors (Lipinski definition) is 1. The van der Waals surface area contributed by atoms with Gasteiger partial charge in [0.2, 0.25) is 0 Å². The number of hydrogen-bond acceptors (Lipinski definition) is 5. The van der Waals surface area contributed by atoms with Crippen LogP contribution < -0.4 is 5.32 Å². The van der Waals surface area contributed by atoms with Gasteiger partial charge in [-0.1, -0.05) is 78.9 Å². The number of methoxy groups -OCH3 is 1. The van der Waals surface area contributed by atoms with Crippen molar-refractivity contribution in [1.82, 2.24) is 5.32 Å². The summed E-state index contributed by atoms with van der Waals surface area (Å²) in [4.78, 5) is 25.6. The van der Waals surface area contributed by atoms with Crippen LogP contribution in [0.1, 0.15) is 43.9 Å². The molecule has 0 unspecified atom stereocenters. The molecule has 0 amide bonds. The van der Waals surface area contributed by atoms with E-state index >= 15 is 0 Å². The van der Waals surface area contributed by atoms with Crippen LogP contribution in [0.2, 0.25) is 0 Å². The van der Waals surface area contributed by atoms with Crippen LogP contribution in [0.25, 0.3) is 11.1 Å². The van der Waals surface area contributed by atoms with Crippen molar-refractivity contribution in [3.63, 3.8) is 0 Å². The zero-order valence-electron chi connectivity index (χ0n) is 19.4. The molecule has 0 aromatic heterocycles. The lowest BCUT2D eigenvalue weighted by atomic mass is 9.79. The zero-order valence-corrected chi connectivity index (χ0v) is 19.4. The van der Waals surface area contributed by atoms with Crippen molar-refractivity contribution >= 4 is 11.9 Å². The van der Waals surface area contributed by atoms with E-state index < -0.39 is 29.1 Å². The van der Waals surface area contributed by atoms with Crippen molar-refractivity contribution in [3.8, 4) is 11.1 Å². The van der Waals surface area contributed by atoms with E-state index in [4.69, 9.17) is 9.47 Å². The molecule has 1 N–H and O–H groups in total. The summed E-state index contributed by atoms with van der Waals surface area (Å²) in [6, 6.07) is 25.4. The molecule has 0 saturated carbocycles. The molecule has 5 heteroatoms. The van der Waals surface area contributed by atoms with Crippen LogP contribution in [0.5, 0.6) is 0 Å². The molecule has 3 aromatic rings. The van der Waals surface area contributed by atoms with E-state index in [1.165, 1.54) is 7.11 Å². The van der Waals surface area contributed by atoms with E-state index in [0.29, 0.717) is 0 Å². The molecule has 0 spiro atoms. The fraction of sp³-hybridized carbons (Fsp3) is 0.286. The van der Waals surface area contributed by atoms with E-state index in [0.717, 1.165) is 27.8 Å². The Morgan fingerprint density at radius 1 is 0.848 bits per heavy atom. The molecule has 0 aliphatic heterocycles. The summed E-state index contributed by atoms with van der Waals surface area (Å²) >= 11 is 0. The molecule has 1 atom stereocenters. The Bertz CT molecular complexity index is 1120. The van der Waals surface area contributed by atoms with Gasteiger partial charge in [-0.2, -0.15) is 0 Å². The van der Waals surface area contributed by atoms with Crippen LogP contribution in [0.15, 0.2) is 78.9 Å². The highest BCUT2D eigenvalue weighted by atomic mass is 16.6. The van der Waals surface area contributed by atoms with Crippen LogP contribution >= 0.6 is 0 Å². The van der Waals surface area contributed by atoms with Gasteiger partial charge in [0.15, 0.2) is 0 Å². The van der Waals surface area contributed by atoms with Gasteiger partial charge in [0.1, 0.15) is 11.6 Å². The van der Waals surface area contributed by atoms with Crippen LogP contribution in [-0.2, 0) is 24.6 Å². The van der Waals surface area contributed by atoms with Crippen molar-refractivity contribution < 1.29 is 19.1 Å². The fourth-order valence-electron chi connectivity index (χ4n) is 4.62. The minimum Gasteiger partial charge on any atom is -0.468 e. The topological polar surface area (TPSA) is 64.6 Å². The van der Waals surface area contributed by atoms with Crippen molar-refractivity contribution in [2.75, 3.05) is 7.11 Å². The predicted octanol–water partition coefficient (Wildman–Crippen LogP) is 4.82. The normalized spacial score (nSPS) is 14.7. The Hall–Kier alpha value is -3.44. The number of carbonyl (C=O) groups is 2. The first-order chi connectivity index (χ1) is 15.8. The molecule has 0 saturated heterocycles. The van der Waals surface area contributed by atoms with Crippen molar-refractivity contribution in [2.45, 2.75) is 44.4 Å². The number of benzene rings is 3. The highest BCUT2D eigenvalue weighted by Gasteiger charge is 2.47. The molecule has 1 aliphatic rings. The van der Waals surface area contributed by atoms with Gasteiger partial charge < -0.3 is 9.47 Å². The van der Waals surface area contributed by atoms with Gasteiger partial charge in [-0.15, -0.1) is 0 Å². The van der Waals surface area contributed by atoms with E-state index in [2.05, 4.69) is 29.6 Å². The molecule has 5 nitrogen and oxygen atoms in total. The average molecular weight is 444 g/mol. The number of ether oxygens (including phenoxy) is 2. The lowest BCUT2D eigenvalue weighted by Gasteiger charge is -2.37. The molecule has 33 heavy (non-hydrogen) atoms. The van der Waals surface area contributed by atoms with Crippen molar-refractivity contribution in [3.05, 3.63) is 95.6 Å². The predicted molar refractivity (Wildman–Crippen MR) is 128 cm³/mol. The van der Waals surface area contributed by atoms with Gasteiger partial charge in [-0.05, 0) is 48.6 Å². The van der Waals surface area contributed by atoms with Crippen LogP contribution in [-0.4, -0.2) is 30.7 Å². The first kappa shape index (κ1) is 22.7. The van der Waals surface area contributed by atoms with Crippen LogP contribution in [0.3, 0.4) is 0 Å². The Morgan fingerprint density at radius 3 is 1.88 bits per heavy atom. The minimum absolute atomic E-state index is 0.150. The maximum absolute atomic E-state index is 12.9. The summed E-state index contributed by atoms with van der Waals surface area (Å²) in [5.41, 5.74) is 3.71. The van der Waals surface area contributed by atoms with E-state index in [1.54, 1.807) is 20.8 Å². The molecule has 0 fully saturated rings. The quantitative estimate of drug-likeness (QED) is 0.553. The molecule has 4 rings (SSSR count). The third-order valence-corrected chi connectivity index (χ3v) is 5.83. The Balaban J connectivity index is 1.87. The Labute approximate surface area is 194 Å². The largest absolute Gasteiger partial charge is 0.468 e. The molecule has 3 aromatic carbocycles. The van der Waals surface area contributed by atoms with Gasteiger partial charge >= 0.3 is 11.9 Å². The van der Waals surface area contributed by atoms with Crippen LogP contribution in [0, 0.1) is 0 Å². The van der Waals surface area contributed by atoms with Gasteiger partial charge in [0, 0.05) is 0 Å². The highest BCUT2D eigenvalue weighted by Crippen LogP contribution is 2.51. The molecule has 170 valence electrons. The van der Waals surface area contributed by atoms with E-state index in [9.17, 15) is 9.59 Å². The van der Waals surface area contributed by atoms with Gasteiger partial charge in [0.25, 0.3) is 0 Å². The third-order valence-electron chi connectivity index (χ3n) is 5.83. The fourth-order valence-corrected chi connectivity index (χ4v) is 4.62. The minimum atomic E-state index is -0.913. The highest BCUT2D eigenvalue weighted by molar-refractivity contribution is 5.86. The maximum Gasteiger partial charge on any atom is 0.323 e. The molecular formula is C28H29NO4. The zero-order chi connectivity index (χ0) is 23.6. The molecule has 0 heterocycles. The Morgan fingerprint density at radius 2 is 1.36 bits per heavy atom. The molecule has 1 aliphatic carbocycles. The van der Waals surface area contributed by atoms with Crippen molar-refractivity contribution in [2.24, 2.45) is 0 Å². The molecule has 0 bridgehead atoms.